The first-order valence-electron chi connectivity index (χ1n) is 10.8. The molecule has 2 heterocycles. The van der Waals surface area contributed by atoms with Crippen molar-refractivity contribution in [1.82, 2.24) is 9.80 Å². The molecular formula is C27H20ClN3O2SSe. The van der Waals surface area contributed by atoms with Crippen LogP contribution in [0.4, 0.5) is 15.9 Å². The fourth-order valence-corrected chi connectivity index (χ4v) is 6.40. The summed E-state index contributed by atoms with van der Waals surface area (Å²) in [7, 11) is 3.17. The molecule has 0 N–H and O–H groups in total. The predicted molar refractivity (Wildman–Crippen MR) is 147 cm³/mol. The fraction of sp³-hybridized carbons (Fsp3) is 0.0741. The van der Waals surface area contributed by atoms with Crippen LogP contribution in [0, 0.1) is 0 Å². The van der Waals surface area contributed by atoms with E-state index in [9.17, 15) is 9.59 Å². The molecule has 4 aromatic rings. The van der Waals surface area contributed by atoms with Crippen molar-refractivity contribution >= 4 is 88.0 Å². The Morgan fingerprint density at radius 2 is 1.51 bits per heavy atom. The molecule has 0 bridgehead atoms. The quantitative estimate of drug-likeness (QED) is 0.140. The van der Waals surface area contributed by atoms with Gasteiger partial charge in [0.05, 0.1) is 0 Å². The van der Waals surface area contributed by atoms with Crippen molar-refractivity contribution in [3.05, 3.63) is 93.9 Å². The van der Waals surface area contributed by atoms with Crippen LogP contribution in [0.2, 0.25) is 5.02 Å². The summed E-state index contributed by atoms with van der Waals surface area (Å²) >= 11 is 11.2. The minimum absolute atomic E-state index is 0.120. The van der Waals surface area contributed by atoms with Crippen molar-refractivity contribution < 1.29 is 9.59 Å². The zero-order valence-electron chi connectivity index (χ0n) is 18.9. The maximum absolute atomic E-state index is 12.8. The van der Waals surface area contributed by atoms with E-state index < -0.39 is 0 Å². The number of amides is 2. The Morgan fingerprint density at radius 1 is 0.857 bits per heavy atom. The Hall–Kier alpha value is -3.22. The van der Waals surface area contributed by atoms with Crippen LogP contribution in [0.3, 0.4) is 0 Å². The minimum atomic E-state index is -0.383. The van der Waals surface area contributed by atoms with Gasteiger partial charge in [0.25, 0.3) is 0 Å². The van der Waals surface area contributed by atoms with Gasteiger partial charge in [0, 0.05) is 0 Å². The van der Waals surface area contributed by atoms with E-state index in [4.69, 9.17) is 23.8 Å². The number of carbonyl (C=O) groups is 2. The number of rotatable bonds is 4. The standard InChI is InChI=1S/C27H20ClN3O2SSe/c1-29-25(32)22(26(33)30(2)27(29)34)16-20-14-15-24(35-20)31(19-12-10-18(28)11-13-19)23-9-5-7-17-6-3-4-8-21(17)23/h3-16H,1-2H3. The number of anilines is 3. The molecule has 1 aliphatic rings. The van der Waals surface area contributed by atoms with E-state index in [2.05, 4.69) is 35.2 Å². The van der Waals surface area contributed by atoms with Gasteiger partial charge in [0.1, 0.15) is 0 Å². The number of hydrogen-bond acceptors (Lipinski definition) is 4. The first-order valence-corrected chi connectivity index (χ1v) is 13.3. The zero-order chi connectivity index (χ0) is 24.7. The Labute approximate surface area is 219 Å². The van der Waals surface area contributed by atoms with Gasteiger partial charge in [-0.1, -0.05) is 0 Å². The van der Waals surface area contributed by atoms with Gasteiger partial charge in [-0.15, -0.1) is 0 Å². The number of benzene rings is 3. The Kier molecular flexibility index (Phi) is 6.34. The van der Waals surface area contributed by atoms with E-state index >= 15 is 0 Å². The first kappa shape index (κ1) is 23.5. The van der Waals surface area contributed by atoms with E-state index in [0.29, 0.717) is 5.02 Å². The van der Waals surface area contributed by atoms with Gasteiger partial charge in [0.15, 0.2) is 0 Å². The molecule has 0 unspecified atom stereocenters. The fourth-order valence-electron chi connectivity index (χ4n) is 4.04. The molecule has 0 atom stereocenters. The van der Waals surface area contributed by atoms with Crippen molar-refractivity contribution in [2.45, 2.75) is 0 Å². The van der Waals surface area contributed by atoms with Crippen LogP contribution in [0.15, 0.2) is 84.4 Å². The molecule has 2 amide bonds. The number of likely N-dealkylation sites (N-methyl/N-ethyl adjacent to an activating group) is 2. The van der Waals surface area contributed by atoms with Gasteiger partial charge in [-0.25, -0.2) is 0 Å². The Bertz CT molecular complexity index is 1480. The summed E-state index contributed by atoms with van der Waals surface area (Å²) < 4.78 is 2.01. The van der Waals surface area contributed by atoms with Gasteiger partial charge in [-0.2, -0.15) is 0 Å². The maximum atomic E-state index is 12.8. The van der Waals surface area contributed by atoms with Crippen molar-refractivity contribution in [2.24, 2.45) is 0 Å². The van der Waals surface area contributed by atoms with Crippen molar-refractivity contribution in [2.75, 3.05) is 19.0 Å². The number of carbonyl (C=O) groups excluding carboxylic acids is 2. The van der Waals surface area contributed by atoms with Crippen molar-refractivity contribution in [3.63, 3.8) is 0 Å². The molecule has 1 saturated heterocycles. The van der Waals surface area contributed by atoms with Crippen LogP contribution in [0.5, 0.6) is 0 Å². The topological polar surface area (TPSA) is 43.9 Å². The molecule has 0 saturated carbocycles. The average Bonchev–Trinajstić information content (AvgIpc) is 3.34. The van der Waals surface area contributed by atoms with Crippen LogP contribution in [-0.4, -0.2) is 55.3 Å². The normalized spacial score (nSPS) is 14.1. The van der Waals surface area contributed by atoms with Crippen LogP contribution in [0.25, 0.3) is 16.8 Å². The second kappa shape index (κ2) is 9.44. The second-order valence-electron chi connectivity index (χ2n) is 8.06. The third-order valence-corrected chi connectivity index (χ3v) is 8.79. The number of thiocarbonyl (C=S) groups is 1. The third-order valence-electron chi connectivity index (χ3n) is 5.86. The van der Waals surface area contributed by atoms with Crippen LogP contribution < -0.4 is 4.90 Å². The molecule has 0 aliphatic carbocycles. The van der Waals surface area contributed by atoms with E-state index in [1.807, 2.05) is 48.5 Å². The first-order chi connectivity index (χ1) is 16.8. The molecule has 1 fully saturated rings. The van der Waals surface area contributed by atoms with Gasteiger partial charge in [-0.3, -0.25) is 0 Å². The molecule has 1 aliphatic heterocycles. The Balaban J connectivity index is 1.62. The van der Waals surface area contributed by atoms with Crippen molar-refractivity contribution in [3.8, 4) is 0 Å². The average molecular weight is 565 g/mol. The van der Waals surface area contributed by atoms with Gasteiger partial charge in [0.2, 0.25) is 0 Å². The van der Waals surface area contributed by atoms with E-state index in [0.717, 1.165) is 31.1 Å². The van der Waals surface area contributed by atoms with E-state index in [1.165, 1.54) is 9.80 Å². The monoisotopic (exact) mass is 565 g/mol. The molecule has 5 nitrogen and oxygen atoms in total. The molecule has 35 heavy (non-hydrogen) atoms. The zero-order valence-corrected chi connectivity index (χ0v) is 22.2. The summed E-state index contributed by atoms with van der Waals surface area (Å²) in [5.41, 5.74) is 2.15. The summed E-state index contributed by atoms with van der Waals surface area (Å²) in [5, 5.41) is 3.14. The van der Waals surface area contributed by atoms with Gasteiger partial charge in [-0.05, 0) is 0 Å². The molecule has 174 valence electrons. The summed E-state index contributed by atoms with van der Waals surface area (Å²) in [6.45, 7) is 0. The van der Waals surface area contributed by atoms with Crippen LogP contribution in [0.1, 0.15) is 4.44 Å². The predicted octanol–water partition coefficient (Wildman–Crippen LogP) is 5.62. The Morgan fingerprint density at radius 3 is 2.23 bits per heavy atom. The number of hydrogen-bond donors (Lipinski definition) is 0. The van der Waals surface area contributed by atoms with E-state index in [1.54, 1.807) is 20.2 Å². The molecule has 1 aromatic heterocycles. The summed E-state index contributed by atoms with van der Waals surface area (Å²) in [6, 6.07) is 26.3. The van der Waals surface area contributed by atoms with Gasteiger partial charge >= 0.3 is 220 Å². The molecule has 8 heteroatoms. The number of fused-ring (bicyclic) bond motifs is 1. The van der Waals surface area contributed by atoms with Gasteiger partial charge < -0.3 is 0 Å². The van der Waals surface area contributed by atoms with Crippen molar-refractivity contribution in [1.29, 1.82) is 0 Å². The SMILES string of the molecule is CN1C(=O)C(=Cc2ccc(N(c3ccc(Cl)cc3)c3cccc4ccccc34)[se]2)C(=O)N(C)C1=S. The molecule has 0 radical (unpaired) electrons. The van der Waals surface area contributed by atoms with E-state index in [-0.39, 0.29) is 37.0 Å². The molecule has 5 rings (SSSR count). The number of nitrogens with zero attached hydrogens (tertiary/aromatic N) is 3. The molecule has 3 aromatic carbocycles. The molecular weight excluding hydrogens is 545 g/mol. The van der Waals surface area contributed by atoms with Crippen LogP contribution in [-0.2, 0) is 9.59 Å². The number of halogens is 1. The summed E-state index contributed by atoms with van der Waals surface area (Å²) in [5.74, 6) is -0.765. The second-order valence-corrected chi connectivity index (χ2v) is 11.2. The summed E-state index contributed by atoms with van der Waals surface area (Å²) in [6.07, 6.45) is 1.70. The third kappa shape index (κ3) is 4.32. The van der Waals surface area contributed by atoms with Crippen LogP contribution >= 0.6 is 23.8 Å². The molecule has 0 spiro atoms. The summed E-state index contributed by atoms with van der Waals surface area (Å²) in [4.78, 5) is 30.4.